The number of carbonyl (C=O) groups is 1. The molecule has 3 rings (SSSR count). The molecule has 4 nitrogen and oxygen atoms in total. The monoisotopic (exact) mass is 349 g/mol. The molecule has 0 radical (unpaired) electrons. The average molecular weight is 349 g/mol. The van der Waals surface area contributed by atoms with E-state index >= 15 is 0 Å². The summed E-state index contributed by atoms with van der Waals surface area (Å²) < 4.78 is 11.2. The van der Waals surface area contributed by atoms with E-state index in [1.165, 1.54) is 0 Å². The van der Waals surface area contributed by atoms with Crippen LogP contribution in [0.2, 0.25) is 0 Å². The molecule has 0 unspecified atom stereocenters. The highest BCUT2D eigenvalue weighted by Gasteiger charge is 2.14. The van der Waals surface area contributed by atoms with Crippen molar-refractivity contribution in [1.29, 1.82) is 0 Å². The molecule has 1 N–H and O–H groups in total. The molecule has 0 aliphatic rings. The number of hydrogen-bond acceptors (Lipinski definition) is 3. The van der Waals surface area contributed by atoms with Gasteiger partial charge in [0, 0.05) is 6.54 Å². The van der Waals surface area contributed by atoms with Crippen LogP contribution in [0.25, 0.3) is 10.8 Å². The average Bonchev–Trinajstić information content (AvgIpc) is 2.67. The quantitative estimate of drug-likeness (QED) is 0.691. The van der Waals surface area contributed by atoms with E-state index in [4.69, 9.17) is 9.47 Å². The summed E-state index contributed by atoms with van der Waals surface area (Å²) in [5.41, 5.74) is 1.01. The lowest BCUT2D eigenvalue weighted by atomic mass is 10.1. The minimum absolute atomic E-state index is 0.146. The molecular formula is C22H23NO3. The Bertz CT molecular complexity index is 874. The lowest BCUT2D eigenvalue weighted by Gasteiger charge is -2.15. The Morgan fingerprint density at radius 2 is 1.65 bits per heavy atom. The summed E-state index contributed by atoms with van der Waals surface area (Å²) in [6.45, 7) is 4.80. The van der Waals surface area contributed by atoms with Gasteiger partial charge in [-0.3, -0.25) is 4.79 Å². The van der Waals surface area contributed by atoms with Gasteiger partial charge in [0.15, 0.2) is 6.10 Å². The second-order valence-corrected chi connectivity index (χ2v) is 6.06. The molecule has 0 saturated carbocycles. The van der Waals surface area contributed by atoms with Gasteiger partial charge in [-0.25, -0.2) is 0 Å². The van der Waals surface area contributed by atoms with E-state index in [1.54, 1.807) is 6.92 Å². The highest BCUT2D eigenvalue weighted by Crippen LogP contribution is 2.21. The lowest BCUT2D eigenvalue weighted by Crippen LogP contribution is -2.35. The van der Waals surface area contributed by atoms with E-state index < -0.39 is 6.10 Å². The van der Waals surface area contributed by atoms with Gasteiger partial charge in [-0.15, -0.1) is 0 Å². The molecule has 0 heterocycles. The van der Waals surface area contributed by atoms with Crippen molar-refractivity contribution in [2.24, 2.45) is 0 Å². The first-order chi connectivity index (χ1) is 12.7. The van der Waals surface area contributed by atoms with Crippen LogP contribution in [0.15, 0.2) is 66.7 Å². The van der Waals surface area contributed by atoms with Crippen molar-refractivity contribution < 1.29 is 14.3 Å². The van der Waals surface area contributed by atoms with Crippen molar-refractivity contribution in [3.8, 4) is 11.5 Å². The Labute approximate surface area is 153 Å². The van der Waals surface area contributed by atoms with Crippen LogP contribution >= 0.6 is 0 Å². The van der Waals surface area contributed by atoms with Crippen molar-refractivity contribution >= 4 is 16.7 Å². The van der Waals surface area contributed by atoms with Gasteiger partial charge in [0.2, 0.25) is 0 Å². The molecule has 0 aliphatic carbocycles. The maximum Gasteiger partial charge on any atom is 0.261 e. The number of rotatable bonds is 7. The molecule has 26 heavy (non-hydrogen) atoms. The summed E-state index contributed by atoms with van der Waals surface area (Å²) in [5, 5.41) is 5.14. The molecular weight excluding hydrogens is 326 g/mol. The third-order valence-corrected chi connectivity index (χ3v) is 4.10. The fraction of sp³-hybridized carbons (Fsp3) is 0.227. The van der Waals surface area contributed by atoms with Gasteiger partial charge < -0.3 is 14.8 Å². The Balaban J connectivity index is 1.55. The minimum Gasteiger partial charge on any atom is -0.494 e. The van der Waals surface area contributed by atoms with E-state index in [9.17, 15) is 4.79 Å². The molecule has 3 aromatic carbocycles. The fourth-order valence-corrected chi connectivity index (χ4v) is 2.70. The van der Waals surface area contributed by atoms with Crippen LogP contribution in [0.4, 0.5) is 0 Å². The first kappa shape index (κ1) is 17.8. The first-order valence-electron chi connectivity index (χ1n) is 8.80. The Morgan fingerprint density at radius 1 is 0.962 bits per heavy atom. The predicted octanol–water partition coefficient (Wildman–Crippen LogP) is 4.32. The second-order valence-electron chi connectivity index (χ2n) is 6.06. The molecule has 1 amide bonds. The van der Waals surface area contributed by atoms with E-state index in [0.29, 0.717) is 18.9 Å². The van der Waals surface area contributed by atoms with E-state index in [2.05, 4.69) is 5.32 Å². The van der Waals surface area contributed by atoms with Crippen LogP contribution in [0.3, 0.4) is 0 Å². The van der Waals surface area contributed by atoms with Gasteiger partial charge >= 0.3 is 0 Å². The molecule has 0 fully saturated rings. The molecule has 4 heteroatoms. The van der Waals surface area contributed by atoms with Crippen LogP contribution in [-0.4, -0.2) is 18.6 Å². The predicted molar refractivity (Wildman–Crippen MR) is 103 cm³/mol. The second kappa shape index (κ2) is 8.39. The summed E-state index contributed by atoms with van der Waals surface area (Å²) in [5.74, 6) is 1.37. The number of hydrogen-bond donors (Lipinski definition) is 1. The molecule has 0 aromatic heterocycles. The zero-order valence-electron chi connectivity index (χ0n) is 15.1. The third kappa shape index (κ3) is 4.54. The number of amides is 1. The number of nitrogens with one attached hydrogen (secondary N) is 1. The highest BCUT2D eigenvalue weighted by molar-refractivity contribution is 5.84. The molecule has 0 aliphatic heterocycles. The Kier molecular flexibility index (Phi) is 5.74. The Hall–Kier alpha value is -3.01. The van der Waals surface area contributed by atoms with Crippen molar-refractivity contribution in [3.05, 3.63) is 72.3 Å². The van der Waals surface area contributed by atoms with E-state index in [-0.39, 0.29) is 5.91 Å². The molecule has 134 valence electrons. The van der Waals surface area contributed by atoms with Gasteiger partial charge in [-0.2, -0.15) is 0 Å². The number of benzene rings is 3. The fourth-order valence-electron chi connectivity index (χ4n) is 2.70. The molecule has 0 saturated heterocycles. The highest BCUT2D eigenvalue weighted by atomic mass is 16.5. The number of ether oxygens (including phenoxy) is 2. The van der Waals surface area contributed by atoms with Gasteiger partial charge in [-0.1, -0.05) is 42.5 Å². The van der Waals surface area contributed by atoms with Crippen LogP contribution in [-0.2, 0) is 11.3 Å². The molecule has 0 bridgehead atoms. The first-order valence-corrected chi connectivity index (χ1v) is 8.80. The van der Waals surface area contributed by atoms with Crippen molar-refractivity contribution in [1.82, 2.24) is 5.32 Å². The minimum atomic E-state index is -0.570. The zero-order valence-corrected chi connectivity index (χ0v) is 15.1. The summed E-state index contributed by atoms with van der Waals surface area (Å²) in [6.07, 6.45) is -0.570. The smallest absolute Gasteiger partial charge is 0.261 e. The SMILES string of the molecule is CCOc1ccc(CNC(=O)[C@@H](C)Oc2ccc3ccccc3c2)cc1. The zero-order chi connectivity index (χ0) is 18.4. The van der Waals surface area contributed by atoms with Crippen LogP contribution < -0.4 is 14.8 Å². The topological polar surface area (TPSA) is 47.6 Å². The number of carbonyl (C=O) groups excluding carboxylic acids is 1. The van der Waals surface area contributed by atoms with Gasteiger partial charge in [0.25, 0.3) is 5.91 Å². The maximum absolute atomic E-state index is 12.3. The van der Waals surface area contributed by atoms with Crippen LogP contribution in [0.5, 0.6) is 11.5 Å². The number of fused-ring (bicyclic) bond motifs is 1. The van der Waals surface area contributed by atoms with E-state index in [1.807, 2.05) is 73.7 Å². The van der Waals surface area contributed by atoms with Gasteiger partial charge in [0.05, 0.1) is 6.61 Å². The maximum atomic E-state index is 12.3. The lowest BCUT2D eigenvalue weighted by molar-refractivity contribution is -0.127. The van der Waals surface area contributed by atoms with Crippen LogP contribution in [0.1, 0.15) is 19.4 Å². The standard InChI is InChI=1S/C22H23NO3/c1-3-25-20-11-8-17(9-12-20)15-23-22(24)16(2)26-21-13-10-18-6-4-5-7-19(18)14-21/h4-14,16H,3,15H2,1-2H3,(H,23,24)/t16-/m1/s1. The Morgan fingerprint density at radius 3 is 2.38 bits per heavy atom. The van der Waals surface area contributed by atoms with Crippen molar-refractivity contribution in [3.63, 3.8) is 0 Å². The molecule has 0 spiro atoms. The normalized spacial score (nSPS) is 11.8. The molecule has 1 atom stereocenters. The summed E-state index contributed by atoms with van der Waals surface area (Å²) in [6, 6.07) is 21.6. The van der Waals surface area contributed by atoms with Crippen molar-refractivity contribution in [2.75, 3.05) is 6.61 Å². The molecule has 3 aromatic rings. The van der Waals surface area contributed by atoms with Crippen molar-refractivity contribution in [2.45, 2.75) is 26.5 Å². The summed E-state index contributed by atoms with van der Waals surface area (Å²) in [7, 11) is 0. The van der Waals surface area contributed by atoms with Gasteiger partial charge in [-0.05, 0) is 54.4 Å². The van der Waals surface area contributed by atoms with Crippen LogP contribution in [0, 0.1) is 0 Å². The largest absolute Gasteiger partial charge is 0.494 e. The van der Waals surface area contributed by atoms with E-state index in [0.717, 1.165) is 22.1 Å². The van der Waals surface area contributed by atoms with Gasteiger partial charge in [0.1, 0.15) is 11.5 Å². The summed E-state index contributed by atoms with van der Waals surface area (Å²) >= 11 is 0. The summed E-state index contributed by atoms with van der Waals surface area (Å²) in [4.78, 5) is 12.3. The third-order valence-electron chi connectivity index (χ3n) is 4.10.